The Labute approximate surface area is 215 Å². The molecule has 190 valence electrons. The molecule has 2 N–H and O–H groups in total. The van der Waals surface area contributed by atoms with Crippen molar-refractivity contribution >= 4 is 11.8 Å². The third-order valence-electron chi connectivity index (χ3n) is 6.38. The van der Waals surface area contributed by atoms with Crippen LogP contribution in [0.2, 0.25) is 0 Å². The van der Waals surface area contributed by atoms with Crippen LogP contribution in [0.1, 0.15) is 34.8 Å². The van der Waals surface area contributed by atoms with Gasteiger partial charge in [0, 0.05) is 17.0 Å². The van der Waals surface area contributed by atoms with Crippen LogP contribution in [0.5, 0.6) is 0 Å². The van der Waals surface area contributed by atoms with Crippen LogP contribution in [0.25, 0.3) is 21.6 Å². The molecule has 0 aromatic heterocycles. The van der Waals surface area contributed by atoms with E-state index in [1.54, 1.807) is 12.1 Å². The van der Waals surface area contributed by atoms with Crippen LogP contribution in [0.3, 0.4) is 0 Å². The van der Waals surface area contributed by atoms with Gasteiger partial charge in [0.1, 0.15) is 6.04 Å². The minimum Gasteiger partial charge on any atom is -0.390 e. The largest absolute Gasteiger partial charge is 0.390 e. The molecule has 3 atom stereocenters. The third kappa shape index (κ3) is 6.16. The van der Waals surface area contributed by atoms with Crippen LogP contribution >= 0.6 is 0 Å². The molecule has 37 heavy (non-hydrogen) atoms. The Morgan fingerprint density at radius 1 is 1.03 bits per heavy atom. The molecule has 0 aliphatic carbocycles. The van der Waals surface area contributed by atoms with Gasteiger partial charge in [-0.3, -0.25) is 14.4 Å². The van der Waals surface area contributed by atoms with Gasteiger partial charge in [-0.25, -0.2) is 5.48 Å². The zero-order chi connectivity index (χ0) is 26.2. The number of aryl methyl sites for hydroxylation is 1. The van der Waals surface area contributed by atoms with E-state index in [1.165, 1.54) is 10.5 Å². The van der Waals surface area contributed by atoms with E-state index in [-0.39, 0.29) is 13.2 Å². The van der Waals surface area contributed by atoms with Gasteiger partial charge in [-0.1, -0.05) is 85.2 Å². The van der Waals surface area contributed by atoms with Crippen molar-refractivity contribution in [1.82, 2.24) is 10.4 Å². The highest BCUT2D eigenvalue weighted by Crippen LogP contribution is 2.26. The van der Waals surface area contributed by atoms with Gasteiger partial charge in [-0.05, 0) is 46.3 Å². The maximum absolute atomic E-state index is 13.4. The number of rotatable bonds is 9. The first-order chi connectivity index (χ1) is 18.0. The number of hydrogen-bond acceptors (Lipinski definition) is 5. The van der Waals surface area contributed by atoms with Crippen LogP contribution in [-0.4, -0.2) is 46.6 Å². The summed E-state index contributed by atoms with van der Waals surface area (Å²) in [6.45, 7) is 2.16. The predicted octanol–water partition coefficient (Wildman–Crippen LogP) is 4.42. The smallest absolute Gasteiger partial charge is 0.269 e. The van der Waals surface area contributed by atoms with Crippen LogP contribution < -0.4 is 5.48 Å². The molecule has 0 spiro atoms. The molecule has 1 fully saturated rings. The van der Waals surface area contributed by atoms with E-state index in [0.29, 0.717) is 5.56 Å². The average molecular weight is 500 g/mol. The molecule has 1 saturated heterocycles. The molecule has 0 bridgehead atoms. The van der Waals surface area contributed by atoms with E-state index in [2.05, 4.69) is 46.7 Å². The molecule has 3 aromatic rings. The fraction of sp³-hybridized carbons (Fsp3) is 0.286. The summed E-state index contributed by atoms with van der Waals surface area (Å²) < 4.78 is 0. The first-order valence-electron chi connectivity index (χ1n) is 12.2. The zero-order valence-electron chi connectivity index (χ0n) is 20.5. The van der Waals surface area contributed by atoms with Crippen molar-refractivity contribution in [1.29, 1.82) is 0 Å². The lowest BCUT2D eigenvalue weighted by molar-refractivity contribution is -0.141. The second kappa shape index (κ2) is 12.2. The van der Waals surface area contributed by atoms with E-state index < -0.39 is 30.0 Å². The molecule has 0 radical (unpaired) electrons. The number of likely N-dealkylation sites (tertiary alicyclic amines) is 1. The maximum Gasteiger partial charge on any atom is 0.269 e. The van der Waals surface area contributed by atoms with Crippen molar-refractivity contribution in [3.8, 4) is 11.1 Å². The van der Waals surface area contributed by atoms with E-state index >= 15 is 0 Å². The number of aliphatic hydroxyl groups excluding tert-OH is 1. The van der Waals surface area contributed by atoms with Gasteiger partial charge in [0.25, 0.3) is 11.8 Å². The number of azide groups is 1. The molecular formula is C28H29N5O4. The number of hydrogen-bond donors (Lipinski definition) is 2. The lowest BCUT2D eigenvalue weighted by atomic mass is 10.0. The normalized spacial score (nSPS) is 18.8. The highest BCUT2D eigenvalue weighted by atomic mass is 16.7. The number of nitrogens with zero attached hydrogens (tertiary/aromatic N) is 4. The summed E-state index contributed by atoms with van der Waals surface area (Å²) in [5.41, 5.74) is 15.7. The van der Waals surface area contributed by atoms with Gasteiger partial charge in [0.2, 0.25) is 0 Å². The van der Waals surface area contributed by atoms with Crippen LogP contribution in [0, 0.1) is 0 Å². The Morgan fingerprint density at radius 3 is 2.30 bits per heavy atom. The topological polar surface area (TPSA) is 128 Å². The Morgan fingerprint density at radius 2 is 1.68 bits per heavy atom. The predicted molar refractivity (Wildman–Crippen MR) is 139 cm³/mol. The highest BCUT2D eigenvalue weighted by Gasteiger charge is 2.47. The lowest BCUT2D eigenvalue weighted by Gasteiger charge is -2.25. The summed E-state index contributed by atoms with van der Waals surface area (Å²) in [4.78, 5) is 35.6. The maximum atomic E-state index is 13.4. The fourth-order valence-corrected chi connectivity index (χ4v) is 4.44. The highest BCUT2D eigenvalue weighted by molar-refractivity contribution is 5.98. The van der Waals surface area contributed by atoms with Gasteiger partial charge in [0.15, 0.2) is 0 Å². The lowest BCUT2D eigenvalue weighted by Crippen LogP contribution is -2.50. The van der Waals surface area contributed by atoms with Crippen molar-refractivity contribution in [3.63, 3.8) is 0 Å². The second-order valence-corrected chi connectivity index (χ2v) is 8.93. The van der Waals surface area contributed by atoms with E-state index in [0.717, 1.165) is 29.5 Å². The Kier molecular flexibility index (Phi) is 8.53. The number of hydroxylamine groups is 1. The molecule has 3 aromatic carbocycles. The molecule has 2 amide bonds. The Bertz CT molecular complexity index is 1260. The second-order valence-electron chi connectivity index (χ2n) is 8.93. The van der Waals surface area contributed by atoms with Crippen molar-refractivity contribution in [2.75, 3.05) is 6.54 Å². The van der Waals surface area contributed by atoms with E-state index in [1.807, 2.05) is 42.5 Å². The molecule has 1 heterocycles. The van der Waals surface area contributed by atoms with E-state index in [9.17, 15) is 14.7 Å². The Hall–Kier alpha value is -4.17. The monoisotopic (exact) mass is 499 g/mol. The molecule has 0 saturated carbocycles. The van der Waals surface area contributed by atoms with Crippen molar-refractivity contribution in [3.05, 3.63) is 106 Å². The summed E-state index contributed by atoms with van der Waals surface area (Å²) in [6.07, 6.45) is 0.735. The molecule has 9 heteroatoms. The number of carbonyl (C=O) groups is 2. The Balaban J connectivity index is 1.48. The molecule has 4 rings (SSSR count). The molecule has 2 unspecified atom stereocenters. The average Bonchev–Trinajstić information content (AvgIpc) is 3.25. The minimum absolute atomic E-state index is 0.0958. The third-order valence-corrected chi connectivity index (χ3v) is 6.38. The summed E-state index contributed by atoms with van der Waals surface area (Å²) in [7, 11) is 0. The molecule has 1 aliphatic rings. The number of aliphatic hydroxyl groups is 1. The summed E-state index contributed by atoms with van der Waals surface area (Å²) in [5.74, 6) is -1.15. The molecule has 9 nitrogen and oxygen atoms in total. The van der Waals surface area contributed by atoms with Crippen LogP contribution in [-0.2, 0) is 22.7 Å². The number of amides is 2. The standard InChI is InChI=1S/C28H29N5O4/c1-2-6-19-9-11-21(12-10-19)22-13-15-23(16-14-22)28(36)33-17-24(30-32-29)26(34)25(33)27(35)31-37-18-20-7-4-3-5-8-20/h3-5,7-16,24-26,34H,2,6,17-18H2,1H3,(H,31,35)/t24?,25-,26?/m0/s1. The van der Waals surface area contributed by atoms with Crippen molar-refractivity contribution in [2.45, 2.75) is 44.6 Å². The van der Waals surface area contributed by atoms with Crippen molar-refractivity contribution in [2.24, 2.45) is 5.11 Å². The minimum atomic E-state index is -1.37. The molecular weight excluding hydrogens is 470 g/mol. The van der Waals surface area contributed by atoms with Gasteiger partial charge < -0.3 is 10.0 Å². The number of carbonyl (C=O) groups excluding carboxylic acids is 2. The van der Waals surface area contributed by atoms with Gasteiger partial charge in [-0.15, -0.1) is 0 Å². The molecule has 1 aliphatic heterocycles. The summed E-state index contributed by atoms with van der Waals surface area (Å²) >= 11 is 0. The number of nitrogens with one attached hydrogen (secondary N) is 1. The van der Waals surface area contributed by atoms with Crippen molar-refractivity contribution < 1.29 is 19.5 Å². The van der Waals surface area contributed by atoms with Crippen LogP contribution in [0.4, 0.5) is 0 Å². The fourth-order valence-electron chi connectivity index (χ4n) is 4.44. The zero-order valence-corrected chi connectivity index (χ0v) is 20.5. The first kappa shape index (κ1) is 25.9. The quantitative estimate of drug-likeness (QED) is 0.195. The summed E-state index contributed by atoms with van der Waals surface area (Å²) in [6, 6.07) is 22.4. The van der Waals surface area contributed by atoms with E-state index in [4.69, 9.17) is 10.4 Å². The van der Waals surface area contributed by atoms with Gasteiger partial charge in [-0.2, -0.15) is 0 Å². The SMILES string of the molecule is CCCc1ccc(-c2ccc(C(=O)N3CC(N=[N+]=[N-])C(O)[C@H]3C(=O)NOCc3ccccc3)cc2)cc1. The van der Waals surface area contributed by atoms with Crippen LogP contribution in [0.15, 0.2) is 84.0 Å². The number of benzene rings is 3. The van der Waals surface area contributed by atoms with Gasteiger partial charge in [0.05, 0.1) is 18.8 Å². The summed E-state index contributed by atoms with van der Waals surface area (Å²) in [5, 5.41) is 14.3. The first-order valence-corrected chi connectivity index (χ1v) is 12.2. The van der Waals surface area contributed by atoms with Gasteiger partial charge >= 0.3 is 0 Å².